The van der Waals surface area contributed by atoms with Crippen LogP contribution in [-0.4, -0.2) is 54.3 Å². The van der Waals surface area contributed by atoms with Gasteiger partial charge < -0.3 is 20.4 Å². The minimum Gasteiger partial charge on any atom is -0.478 e. The molecule has 0 spiro atoms. The first-order valence-corrected chi connectivity index (χ1v) is 6.09. The molecular formula is C14H10N2O8. The third-order valence-electron chi connectivity index (χ3n) is 2.48. The van der Waals surface area contributed by atoms with Crippen LogP contribution in [0.25, 0.3) is 0 Å². The van der Waals surface area contributed by atoms with Crippen molar-refractivity contribution in [2.75, 3.05) is 0 Å². The summed E-state index contributed by atoms with van der Waals surface area (Å²) in [5.41, 5.74) is -1.48. The number of pyridine rings is 2. The minimum atomic E-state index is -1.34. The highest BCUT2D eigenvalue weighted by Crippen LogP contribution is 2.05. The molecule has 0 aromatic carbocycles. The Morgan fingerprint density at radius 1 is 0.625 bits per heavy atom. The molecule has 0 aliphatic rings. The summed E-state index contributed by atoms with van der Waals surface area (Å²) in [6.07, 6.45) is 2.46. The summed E-state index contributed by atoms with van der Waals surface area (Å²) in [4.78, 5) is 48.5. The van der Waals surface area contributed by atoms with Gasteiger partial charge in [0.1, 0.15) is 0 Å². The molecule has 0 aliphatic carbocycles. The number of aromatic nitrogens is 2. The fraction of sp³-hybridized carbons (Fsp3) is 0. The molecule has 2 aromatic heterocycles. The molecule has 0 saturated heterocycles. The fourth-order valence-corrected chi connectivity index (χ4v) is 1.50. The van der Waals surface area contributed by atoms with Gasteiger partial charge in [0.2, 0.25) is 0 Å². The Morgan fingerprint density at radius 3 is 1.17 bits per heavy atom. The Bertz CT molecular complexity index is 669. The summed E-state index contributed by atoms with van der Waals surface area (Å²) in [5.74, 6) is -5.26. The van der Waals surface area contributed by atoms with Gasteiger partial charge in [0.25, 0.3) is 0 Å². The van der Waals surface area contributed by atoms with Crippen LogP contribution in [0.5, 0.6) is 0 Å². The zero-order chi connectivity index (χ0) is 18.3. The first-order valence-electron chi connectivity index (χ1n) is 6.09. The number of hydrogen-bond acceptors (Lipinski definition) is 6. The second-order valence-electron chi connectivity index (χ2n) is 4.02. The van der Waals surface area contributed by atoms with Crippen LogP contribution < -0.4 is 0 Å². The summed E-state index contributed by atoms with van der Waals surface area (Å²) in [6.45, 7) is 0. The van der Waals surface area contributed by atoms with Crippen molar-refractivity contribution in [2.24, 2.45) is 0 Å². The fourth-order valence-electron chi connectivity index (χ4n) is 1.50. The van der Waals surface area contributed by atoms with Gasteiger partial charge in [-0.25, -0.2) is 29.1 Å². The van der Waals surface area contributed by atoms with E-state index < -0.39 is 35.3 Å². The van der Waals surface area contributed by atoms with Gasteiger partial charge >= 0.3 is 23.9 Å². The van der Waals surface area contributed by atoms with E-state index >= 15 is 0 Å². The molecule has 0 amide bonds. The number of nitrogens with zero attached hydrogens (tertiary/aromatic N) is 2. The number of carboxylic acid groups (broad SMARTS) is 4. The Labute approximate surface area is 133 Å². The molecule has 124 valence electrons. The van der Waals surface area contributed by atoms with Gasteiger partial charge in [0, 0.05) is 12.4 Å². The molecule has 2 aromatic rings. The third-order valence-corrected chi connectivity index (χ3v) is 2.48. The van der Waals surface area contributed by atoms with Gasteiger partial charge in [0.05, 0.1) is 11.1 Å². The average Bonchev–Trinajstić information content (AvgIpc) is 2.55. The van der Waals surface area contributed by atoms with Gasteiger partial charge in [-0.1, -0.05) is 0 Å². The Balaban J connectivity index is 0.000000240. The minimum absolute atomic E-state index is 0.301. The third kappa shape index (κ3) is 4.59. The molecule has 2 rings (SSSR count). The van der Waals surface area contributed by atoms with Crippen LogP contribution in [0.2, 0.25) is 0 Å². The van der Waals surface area contributed by atoms with Crippen molar-refractivity contribution in [1.82, 2.24) is 9.97 Å². The smallest absolute Gasteiger partial charge is 0.355 e. The number of carbonyl (C=O) groups is 4. The SMILES string of the molecule is O=C(O)c1cccnc1C(=O)O.O=C(O)c1cccnc1C(=O)O. The van der Waals surface area contributed by atoms with Crippen molar-refractivity contribution in [3.05, 3.63) is 59.2 Å². The van der Waals surface area contributed by atoms with Crippen LogP contribution in [0.15, 0.2) is 36.7 Å². The maximum Gasteiger partial charge on any atom is 0.355 e. The quantitative estimate of drug-likeness (QED) is 0.629. The van der Waals surface area contributed by atoms with Crippen LogP contribution in [0.1, 0.15) is 41.7 Å². The molecule has 10 nitrogen and oxygen atoms in total. The zero-order valence-electron chi connectivity index (χ0n) is 11.8. The molecule has 24 heavy (non-hydrogen) atoms. The zero-order valence-corrected chi connectivity index (χ0v) is 11.8. The topological polar surface area (TPSA) is 175 Å². The number of carboxylic acids is 4. The number of hydrogen-bond donors (Lipinski definition) is 4. The maximum atomic E-state index is 10.4. The van der Waals surface area contributed by atoms with E-state index in [1.54, 1.807) is 0 Å². The highest BCUT2D eigenvalue weighted by Gasteiger charge is 2.16. The van der Waals surface area contributed by atoms with Crippen molar-refractivity contribution >= 4 is 23.9 Å². The molecule has 4 N–H and O–H groups in total. The van der Waals surface area contributed by atoms with E-state index in [-0.39, 0.29) is 11.1 Å². The summed E-state index contributed by atoms with van der Waals surface area (Å²) >= 11 is 0. The second-order valence-corrected chi connectivity index (χ2v) is 4.02. The van der Waals surface area contributed by atoms with Crippen LogP contribution in [-0.2, 0) is 0 Å². The normalized spacial score (nSPS) is 9.33. The Kier molecular flexibility index (Phi) is 6.06. The van der Waals surface area contributed by atoms with Crippen molar-refractivity contribution in [3.63, 3.8) is 0 Å². The van der Waals surface area contributed by atoms with Crippen LogP contribution in [0.4, 0.5) is 0 Å². The standard InChI is InChI=1S/2C7H5NO4/c2*9-6(10)4-2-1-3-8-5(4)7(11)12/h2*1-3H,(H,9,10)(H,11,12). The van der Waals surface area contributed by atoms with Crippen LogP contribution in [0, 0.1) is 0 Å². The van der Waals surface area contributed by atoms with Crippen molar-refractivity contribution in [2.45, 2.75) is 0 Å². The monoisotopic (exact) mass is 334 g/mol. The molecule has 0 bridgehead atoms. The summed E-state index contributed by atoms with van der Waals surface area (Å²) in [6, 6.07) is 5.13. The summed E-state index contributed by atoms with van der Waals surface area (Å²) in [5, 5.41) is 34.0. The van der Waals surface area contributed by atoms with Crippen molar-refractivity contribution in [3.8, 4) is 0 Å². The van der Waals surface area contributed by atoms with Gasteiger partial charge in [-0.05, 0) is 24.3 Å². The first kappa shape index (κ1) is 18.2. The lowest BCUT2D eigenvalue weighted by Gasteiger charge is -1.97. The molecule has 0 unspecified atom stereocenters. The average molecular weight is 334 g/mol. The van der Waals surface area contributed by atoms with E-state index in [9.17, 15) is 19.2 Å². The first-order chi connectivity index (χ1) is 11.3. The molecule has 0 atom stereocenters. The lowest BCUT2D eigenvalue weighted by atomic mass is 10.2. The number of rotatable bonds is 4. The molecule has 0 radical (unpaired) electrons. The largest absolute Gasteiger partial charge is 0.478 e. The van der Waals surface area contributed by atoms with E-state index in [1.165, 1.54) is 36.7 Å². The van der Waals surface area contributed by atoms with Gasteiger partial charge in [-0.15, -0.1) is 0 Å². The summed E-state index contributed by atoms with van der Waals surface area (Å²) < 4.78 is 0. The van der Waals surface area contributed by atoms with E-state index in [1.807, 2.05) is 0 Å². The van der Waals surface area contributed by atoms with E-state index in [4.69, 9.17) is 20.4 Å². The number of aromatic carboxylic acids is 4. The molecule has 0 aliphatic heterocycles. The second kappa shape index (κ2) is 7.98. The van der Waals surface area contributed by atoms with E-state index in [0.29, 0.717) is 0 Å². The highest BCUT2D eigenvalue weighted by molar-refractivity contribution is 6.00. The van der Waals surface area contributed by atoms with Crippen molar-refractivity contribution in [1.29, 1.82) is 0 Å². The predicted molar refractivity (Wildman–Crippen MR) is 76.3 cm³/mol. The highest BCUT2D eigenvalue weighted by atomic mass is 16.4. The predicted octanol–water partition coefficient (Wildman–Crippen LogP) is 0.956. The van der Waals surface area contributed by atoms with Crippen LogP contribution in [0.3, 0.4) is 0 Å². The Morgan fingerprint density at radius 2 is 0.958 bits per heavy atom. The lowest BCUT2D eigenvalue weighted by molar-refractivity contribution is 0.0646. The summed E-state index contributed by atoms with van der Waals surface area (Å²) in [7, 11) is 0. The lowest BCUT2D eigenvalue weighted by Crippen LogP contribution is -2.09. The van der Waals surface area contributed by atoms with Gasteiger partial charge in [0.15, 0.2) is 11.4 Å². The molecule has 10 heteroatoms. The molecule has 0 fully saturated rings. The van der Waals surface area contributed by atoms with Crippen LogP contribution >= 0.6 is 0 Å². The molecule has 2 heterocycles. The van der Waals surface area contributed by atoms with Gasteiger partial charge in [-0.3, -0.25) is 0 Å². The van der Waals surface area contributed by atoms with E-state index in [0.717, 1.165) is 0 Å². The van der Waals surface area contributed by atoms with E-state index in [2.05, 4.69) is 9.97 Å². The molecular weight excluding hydrogens is 324 g/mol. The van der Waals surface area contributed by atoms with Crippen molar-refractivity contribution < 1.29 is 39.6 Å². The van der Waals surface area contributed by atoms with Gasteiger partial charge in [-0.2, -0.15) is 0 Å². The Hall–Kier alpha value is -3.82. The molecule has 0 saturated carbocycles. The maximum absolute atomic E-state index is 10.4.